The molecule has 1 aliphatic rings. The molecule has 4 heteroatoms. The fourth-order valence-electron chi connectivity index (χ4n) is 2.06. The monoisotopic (exact) mass is 251 g/mol. The predicted molar refractivity (Wildman–Crippen MR) is 73.7 cm³/mol. The van der Waals surface area contributed by atoms with Gasteiger partial charge in [-0.2, -0.15) is 4.98 Å². The first-order valence-corrected chi connectivity index (χ1v) is 7.12. The van der Waals surface area contributed by atoms with E-state index in [1.165, 1.54) is 12.8 Å². The molecule has 18 heavy (non-hydrogen) atoms. The molecule has 1 fully saturated rings. The van der Waals surface area contributed by atoms with Crippen LogP contribution in [-0.2, 0) is 6.54 Å². The van der Waals surface area contributed by atoms with Gasteiger partial charge < -0.3 is 14.6 Å². The van der Waals surface area contributed by atoms with Crippen molar-refractivity contribution in [1.29, 1.82) is 0 Å². The Labute approximate surface area is 110 Å². The maximum Gasteiger partial charge on any atom is 0.297 e. The number of oxazole rings is 1. The number of hydrogen-bond acceptors (Lipinski definition) is 4. The van der Waals surface area contributed by atoms with Crippen molar-refractivity contribution >= 4 is 6.01 Å². The van der Waals surface area contributed by atoms with Gasteiger partial charge in [0.2, 0.25) is 0 Å². The number of anilines is 1. The van der Waals surface area contributed by atoms with Crippen LogP contribution in [0.15, 0.2) is 10.7 Å². The van der Waals surface area contributed by atoms with Gasteiger partial charge in [-0.15, -0.1) is 0 Å². The SMILES string of the molecule is CCCN(c1nc(CNCC(C)C)co1)C1CC1. The number of nitrogens with zero attached hydrogens (tertiary/aromatic N) is 2. The molecule has 1 N–H and O–H groups in total. The van der Waals surface area contributed by atoms with Crippen molar-refractivity contribution in [3.8, 4) is 0 Å². The summed E-state index contributed by atoms with van der Waals surface area (Å²) in [7, 11) is 0. The average molecular weight is 251 g/mol. The smallest absolute Gasteiger partial charge is 0.297 e. The van der Waals surface area contributed by atoms with E-state index in [9.17, 15) is 0 Å². The summed E-state index contributed by atoms with van der Waals surface area (Å²) in [6.07, 6.45) is 5.49. The second-order valence-electron chi connectivity index (χ2n) is 5.57. The quantitative estimate of drug-likeness (QED) is 0.771. The summed E-state index contributed by atoms with van der Waals surface area (Å²) in [4.78, 5) is 6.90. The highest BCUT2D eigenvalue weighted by Crippen LogP contribution is 2.31. The largest absolute Gasteiger partial charge is 0.432 e. The van der Waals surface area contributed by atoms with E-state index in [0.29, 0.717) is 12.0 Å². The highest BCUT2D eigenvalue weighted by atomic mass is 16.4. The van der Waals surface area contributed by atoms with Gasteiger partial charge in [0.25, 0.3) is 6.01 Å². The van der Waals surface area contributed by atoms with Crippen LogP contribution in [0.4, 0.5) is 6.01 Å². The van der Waals surface area contributed by atoms with Crippen LogP contribution in [0.3, 0.4) is 0 Å². The van der Waals surface area contributed by atoms with Gasteiger partial charge in [-0.1, -0.05) is 20.8 Å². The summed E-state index contributed by atoms with van der Waals surface area (Å²) in [6, 6.07) is 1.47. The van der Waals surface area contributed by atoms with E-state index in [0.717, 1.165) is 37.8 Å². The average Bonchev–Trinajstić information content (AvgIpc) is 3.06. The van der Waals surface area contributed by atoms with Crippen molar-refractivity contribution in [3.05, 3.63) is 12.0 Å². The van der Waals surface area contributed by atoms with E-state index >= 15 is 0 Å². The van der Waals surface area contributed by atoms with Crippen molar-refractivity contribution in [2.24, 2.45) is 5.92 Å². The predicted octanol–water partition coefficient (Wildman–Crippen LogP) is 2.80. The van der Waals surface area contributed by atoms with Gasteiger partial charge in [-0.25, -0.2) is 0 Å². The van der Waals surface area contributed by atoms with Gasteiger partial charge >= 0.3 is 0 Å². The molecule has 0 atom stereocenters. The third kappa shape index (κ3) is 3.73. The molecule has 102 valence electrons. The minimum Gasteiger partial charge on any atom is -0.432 e. The van der Waals surface area contributed by atoms with Crippen molar-refractivity contribution < 1.29 is 4.42 Å². The Balaban J connectivity index is 1.87. The Morgan fingerprint density at radius 2 is 2.28 bits per heavy atom. The standard InChI is InChI=1S/C14H25N3O/c1-4-7-17(13-5-6-13)14-16-12(10-18-14)9-15-8-11(2)3/h10-11,13,15H,4-9H2,1-3H3. The zero-order valence-electron chi connectivity index (χ0n) is 11.8. The van der Waals surface area contributed by atoms with Crippen LogP contribution in [0.25, 0.3) is 0 Å². The first-order chi connectivity index (χ1) is 8.70. The van der Waals surface area contributed by atoms with E-state index in [2.05, 4.69) is 36.0 Å². The van der Waals surface area contributed by atoms with Crippen molar-refractivity contribution in [3.63, 3.8) is 0 Å². The summed E-state index contributed by atoms with van der Waals surface area (Å²) in [6.45, 7) is 9.47. The van der Waals surface area contributed by atoms with Crippen molar-refractivity contribution in [2.45, 2.75) is 52.6 Å². The van der Waals surface area contributed by atoms with E-state index in [-0.39, 0.29) is 0 Å². The fraction of sp³-hybridized carbons (Fsp3) is 0.786. The molecule has 1 aromatic heterocycles. The molecule has 4 nitrogen and oxygen atoms in total. The molecule has 0 amide bonds. The van der Waals surface area contributed by atoms with Crippen LogP contribution in [0.5, 0.6) is 0 Å². The number of rotatable bonds is 8. The van der Waals surface area contributed by atoms with Crippen LogP contribution in [0, 0.1) is 5.92 Å². The van der Waals surface area contributed by atoms with Gasteiger partial charge in [0, 0.05) is 19.1 Å². The molecule has 0 aromatic carbocycles. The molecule has 0 spiro atoms. The molecule has 0 saturated heterocycles. The van der Waals surface area contributed by atoms with Crippen molar-refractivity contribution in [2.75, 3.05) is 18.0 Å². The number of aromatic nitrogens is 1. The lowest BCUT2D eigenvalue weighted by Gasteiger charge is -2.18. The minimum absolute atomic E-state index is 0.666. The molecule has 2 rings (SSSR count). The second-order valence-corrected chi connectivity index (χ2v) is 5.57. The maximum absolute atomic E-state index is 5.61. The van der Waals surface area contributed by atoms with Crippen LogP contribution in [-0.4, -0.2) is 24.1 Å². The number of hydrogen-bond donors (Lipinski definition) is 1. The number of nitrogens with one attached hydrogen (secondary N) is 1. The van der Waals surface area contributed by atoms with E-state index < -0.39 is 0 Å². The Bertz CT molecular complexity index is 358. The van der Waals surface area contributed by atoms with Crippen LogP contribution in [0.2, 0.25) is 0 Å². The molecule has 0 aliphatic heterocycles. The molecular formula is C14H25N3O. The lowest BCUT2D eigenvalue weighted by atomic mass is 10.2. The van der Waals surface area contributed by atoms with Gasteiger partial charge in [-0.3, -0.25) is 0 Å². The zero-order chi connectivity index (χ0) is 13.0. The third-order valence-corrected chi connectivity index (χ3v) is 3.10. The van der Waals surface area contributed by atoms with Gasteiger partial charge in [0.15, 0.2) is 0 Å². The zero-order valence-corrected chi connectivity index (χ0v) is 11.8. The molecule has 0 bridgehead atoms. The molecule has 0 unspecified atom stereocenters. The molecule has 1 saturated carbocycles. The lowest BCUT2D eigenvalue weighted by Crippen LogP contribution is -2.26. The summed E-state index contributed by atoms with van der Waals surface area (Å²) >= 11 is 0. The fourth-order valence-corrected chi connectivity index (χ4v) is 2.06. The molecule has 1 aromatic rings. The van der Waals surface area contributed by atoms with Crippen LogP contribution in [0.1, 0.15) is 45.7 Å². The van der Waals surface area contributed by atoms with E-state index in [1.807, 2.05) is 0 Å². The lowest BCUT2D eigenvalue weighted by molar-refractivity contribution is 0.524. The Morgan fingerprint density at radius 3 is 2.89 bits per heavy atom. The minimum atomic E-state index is 0.666. The highest BCUT2D eigenvalue weighted by molar-refractivity contribution is 5.31. The molecular weight excluding hydrogens is 226 g/mol. The van der Waals surface area contributed by atoms with Crippen LogP contribution >= 0.6 is 0 Å². The summed E-state index contributed by atoms with van der Waals surface area (Å²) < 4.78 is 5.61. The van der Waals surface area contributed by atoms with Crippen LogP contribution < -0.4 is 10.2 Å². The van der Waals surface area contributed by atoms with Gasteiger partial charge in [-0.05, 0) is 31.7 Å². The highest BCUT2D eigenvalue weighted by Gasteiger charge is 2.31. The maximum atomic E-state index is 5.61. The second kappa shape index (κ2) is 6.23. The Kier molecular flexibility index (Phi) is 4.64. The van der Waals surface area contributed by atoms with E-state index in [4.69, 9.17) is 4.42 Å². The normalized spacial score (nSPS) is 15.3. The molecule has 1 heterocycles. The topological polar surface area (TPSA) is 41.3 Å². The Morgan fingerprint density at radius 1 is 1.50 bits per heavy atom. The van der Waals surface area contributed by atoms with Crippen molar-refractivity contribution in [1.82, 2.24) is 10.3 Å². The van der Waals surface area contributed by atoms with Gasteiger partial charge in [0.05, 0.1) is 5.69 Å². The summed E-state index contributed by atoms with van der Waals surface area (Å²) in [5.41, 5.74) is 1.01. The van der Waals surface area contributed by atoms with Gasteiger partial charge in [0.1, 0.15) is 6.26 Å². The molecule has 0 radical (unpaired) electrons. The summed E-state index contributed by atoms with van der Waals surface area (Å²) in [5.74, 6) is 0.666. The summed E-state index contributed by atoms with van der Waals surface area (Å²) in [5, 5.41) is 3.39. The Hall–Kier alpha value is -1.03. The first-order valence-electron chi connectivity index (χ1n) is 7.12. The van der Waals surface area contributed by atoms with E-state index in [1.54, 1.807) is 6.26 Å². The third-order valence-electron chi connectivity index (χ3n) is 3.10. The molecule has 1 aliphatic carbocycles. The first kappa shape index (κ1) is 13.4.